The lowest BCUT2D eigenvalue weighted by atomic mass is 10.0. The van der Waals surface area contributed by atoms with Crippen LogP contribution in [-0.2, 0) is 19.3 Å². The van der Waals surface area contributed by atoms with Crippen LogP contribution in [-0.4, -0.2) is 11.6 Å². The number of rotatable bonds is 14. The van der Waals surface area contributed by atoms with Crippen molar-refractivity contribution in [1.82, 2.24) is 4.98 Å². The summed E-state index contributed by atoms with van der Waals surface area (Å²) in [6.07, 6.45) is 14.0. The van der Waals surface area contributed by atoms with Gasteiger partial charge >= 0.3 is 0 Å². The lowest BCUT2D eigenvalue weighted by Gasteiger charge is -2.08. The molecule has 0 radical (unpaired) electrons. The summed E-state index contributed by atoms with van der Waals surface area (Å²) in [4.78, 5) is 4.60. The molecule has 0 bridgehead atoms. The molecule has 1 heterocycles. The Morgan fingerprint density at radius 2 is 1.19 bits per heavy atom. The predicted octanol–water partition coefficient (Wildman–Crippen LogP) is 8.23. The molecule has 32 heavy (non-hydrogen) atoms. The van der Waals surface area contributed by atoms with Crippen LogP contribution < -0.4 is 4.74 Å². The third-order valence-electron chi connectivity index (χ3n) is 6.05. The number of ether oxygens (including phenoxy) is 1. The summed E-state index contributed by atoms with van der Waals surface area (Å²) < 4.78 is 5.83. The van der Waals surface area contributed by atoms with E-state index in [1.54, 1.807) is 0 Å². The van der Waals surface area contributed by atoms with E-state index in [4.69, 9.17) is 4.74 Å². The molecule has 0 aliphatic rings. The molecular formula is C30H39NO. The van der Waals surface area contributed by atoms with Crippen molar-refractivity contribution in [3.8, 4) is 17.0 Å². The van der Waals surface area contributed by atoms with E-state index in [0.717, 1.165) is 42.9 Å². The van der Waals surface area contributed by atoms with Gasteiger partial charge in [0, 0.05) is 5.56 Å². The third kappa shape index (κ3) is 8.15. The summed E-state index contributed by atoms with van der Waals surface area (Å²) in [5.41, 5.74) is 6.38. The Morgan fingerprint density at radius 3 is 1.78 bits per heavy atom. The lowest BCUT2D eigenvalue weighted by molar-refractivity contribution is 0.303. The van der Waals surface area contributed by atoms with Gasteiger partial charge in [0.25, 0.3) is 0 Å². The largest absolute Gasteiger partial charge is 0.492 e. The van der Waals surface area contributed by atoms with Crippen LogP contribution in [0, 0.1) is 0 Å². The number of aromatic nitrogens is 1. The monoisotopic (exact) mass is 429 g/mol. The molecule has 0 aliphatic carbocycles. The van der Waals surface area contributed by atoms with Crippen molar-refractivity contribution in [3.63, 3.8) is 0 Å². The second kappa shape index (κ2) is 13.7. The van der Waals surface area contributed by atoms with E-state index in [1.165, 1.54) is 61.6 Å². The molecule has 2 nitrogen and oxygen atoms in total. The molecule has 3 aromatic rings. The standard InChI is InChI=1S/C30H39NO/c1-3-5-7-8-9-23-32-29-21-22-30(31-24-29)28-19-17-27(18-20-28)16-15-26-13-11-25(12-14-26)10-6-4-2/h11-14,17-22,24H,3-10,15-16,23H2,1-2H3. The van der Waals surface area contributed by atoms with Crippen molar-refractivity contribution in [1.29, 1.82) is 0 Å². The van der Waals surface area contributed by atoms with Gasteiger partial charge in [-0.2, -0.15) is 0 Å². The Kier molecular flexibility index (Phi) is 10.3. The average Bonchev–Trinajstić information content (AvgIpc) is 2.85. The van der Waals surface area contributed by atoms with E-state index in [2.05, 4.69) is 73.4 Å². The van der Waals surface area contributed by atoms with E-state index in [0.29, 0.717) is 0 Å². The highest BCUT2D eigenvalue weighted by Gasteiger charge is 2.03. The summed E-state index contributed by atoms with van der Waals surface area (Å²) >= 11 is 0. The van der Waals surface area contributed by atoms with E-state index in [-0.39, 0.29) is 0 Å². The maximum Gasteiger partial charge on any atom is 0.137 e. The van der Waals surface area contributed by atoms with Gasteiger partial charge in [0.2, 0.25) is 0 Å². The molecule has 0 N–H and O–H groups in total. The van der Waals surface area contributed by atoms with E-state index >= 15 is 0 Å². The molecule has 0 amide bonds. The van der Waals surface area contributed by atoms with Crippen molar-refractivity contribution < 1.29 is 4.74 Å². The summed E-state index contributed by atoms with van der Waals surface area (Å²) in [7, 11) is 0. The van der Waals surface area contributed by atoms with E-state index in [9.17, 15) is 0 Å². The number of hydrogen-bond acceptors (Lipinski definition) is 2. The smallest absolute Gasteiger partial charge is 0.137 e. The zero-order valence-electron chi connectivity index (χ0n) is 20.0. The van der Waals surface area contributed by atoms with Gasteiger partial charge in [0.05, 0.1) is 18.5 Å². The minimum absolute atomic E-state index is 0.779. The first-order valence-electron chi connectivity index (χ1n) is 12.5. The molecule has 0 saturated carbocycles. The molecule has 0 spiro atoms. The lowest BCUT2D eigenvalue weighted by Crippen LogP contribution is -1.98. The third-order valence-corrected chi connectivity index (χ3v) is 6.05. The van der Waals surface area contributed by atoms with Crippen LogP contribution in [0.2, 0.25) is 0 Å². The number of nitrogens with zero attached hydrogens (tertiary/aromatic N) is 1. The Bertz CT molecular complexity index is 882. The van der Waals surface area contributed by atoms with Gasteiger partial charge in [0.15, 0.2) is 0 Å². The van der Waals surface area contributed by atoms with E-state index < -0.39 is 0 Å². The maximum absolute atomic E-state index is 5.83. The highest BCUT2D eigenvalue weighted by Crippen LogP contribution is 2.21. The van der Waals surface area contributed by atoms with Gasteiger partial charge in [-0.25, -0.2) is 0 Å². The molecule has 0 aliphatic heterocycles. The Morgan fingerprint density at radius 1 is 0.594 bits per heavy atom. The van der Waals surface area contributed by atoms with Gasteiger partial charge in [-0.05, 0) is 60.9 Å². The Labute approximate surface area is 195 Å². The van der Waals surface area contributed by atoms with Gasteiger partial charge in [-0.15, -0.1) is 0 Å². The topological polar surface area (TPSA) is 22.1 Å². The first-order valence-corrected chi connectivity index (χ1v) is 12.5. The Hall–Kier alpha value is -2.61. The second-order valence-corrected chi connectivity index (χ2v) is 8.76. The molecular weight excluding hydrogens is 390 g/mol. The van der Waals surface area contributed by atoms with Gasteiger partial charge in [0.1, 0.15) is 5.75 Å². The summed E-state index contributed by atoms with van der Waals surface area (Å²) in [6, 6.07) is 22.1. The predicted molar refractivity (Wildman–Crippen MR) is 136 cm³/mol. The zero-order valence-corrected chi connectivity index (χ0v) is 20.0. The second-order valence-electron chi connectivity index (χ2n) is 8.76. The molecule has 170 valence electrons. The number of unbranched alkanes of at least 4 members (excludes halogenated alkanes) is 5. The van der Waals surface area contributed by atoms with Crippen molar-refractivity contribution in [2.24, 2.45) is 0 Å². The molecule has 0 atom stereocenters. The summed E-state index contributed by atoms with van der Waals surface area (Å²) in [6.45, 7) is 5.27. The van der Waals surface area contributed by atoms with Crippen molar-refractivity contribution >= 4 is 0 Å². The SMILES string of the molecule is CCCCCCCOc1ccc(-c2ccc(CCc3ccc(CCCC)cc3)cc2)nc1. The van der Waals surface area contributed by atoms with Crippen LogP contribution in [0.5, 0.6) is 5.75 Å². The van der Waals surface area contributed by atoms with E-state index in [1.807, 2.05) is 12.3 Å². The fourth-order valence-corrected chi connectivity index (χ4v) is 3.92. The molecule has 2 heteroatoms. The van der Waals surface area contributed by atoms with Crippen LogP contribution in [0.3, 0.4) is 0 Å². The molecule has 3 rings (SSSR count). The molecule has 1 aromatic heterocycles. The zero-order chi connectivity index (χ0) is 22.4. The molecule has 2 aromatic carbocycles. The van der Waals surface area contributed by atoms with Gasteiger partial charge < -0.3 is 4.74 Å². The molecule has 0 saturated heterocycles. The maximum atomic E-state index is 5.83. The normalized spacial score (nSPS) is 10.9. The number of aryl methyl sites for hydroxylation is 3. The van der Waals surface area contributed by atoms with Crippen LogP contribution in [0.4, 0.5) is 0 Å². The highest BCUT2D eigenvalue weighted by molar-refractivity contribution is 5.59. The number of benzene rings is 2. The number of hydrogen-bond donors (Lipinski definition) is 0. The minimum atomic E-state index is 0.779. The summed E-state index contributed by atoms with van der Waals surface area (Å²) in [5.74, 6) is 0.863. The van der Waals surface area contributed by atoms with Gasteiger partial charge in [-0.1, -0.05) is 94.5 Å². The molecule has 0 unspecified atom stereocenters. The molecule has 0 fully saturated rings. The average molecular weight is 430 g/mol. The van der Waals surface area contributed by atoms with Crippen LogP contribution in [0.15, 0.2) is 66.9 Å². The minimum Gasteiger partial charge on any atom is -0.492 e. The van der Waals surface area contributed by atoms with Crippen LogP contribution >= 0.6 is 0 Å². The number of pyridine rings is 1. The highest BCUT2D eigenvalue weighted by atomic mass is 16.5. The van der Waals surface area contributed by atoms with Crippen molar-refractivity contribution in [2.75, 3.05) is 6.61 Å². The van der Waals surface area contributed by atoms with Crippen LogP contribution in [0.1, 0.15) is 75.5 Å². The first kappa shape index (κ1) is 24.0. The quantitative estimate of drug-likeness (QED) is 0.241. The van der Waals surface area contributed by atoms with Crippen molar-refractivity contribution in [2.45, 2.75) is 78.1 Å². The van der Waals surface area contributed by atoms with Crippen molar-refractivity contribution in [3.05, 3.63) is 83.6 Å². The summed E-state index contributed by atoms with van der Waals surface area (Å²) in [5, 5.41) is 0. The fourth-order valence-electron chi connectivity index (χ4n) is 3.92. The van der Waals surface area contributed by atoms with Crippen LogP contribution in [0.25, 0.3) is 11.3 Å². The Balaban J connectivity index is 1.44. The fraction of sp³-hybridized carbons (Fsp3) is 0.433. The first-order chi connectivity index (χ1) is 15.8. The van der Waals surface area contributed by atoms with Gasteiger partial charge in [-0.3, -0.25) is 4.98 Å².